The molecule has 150 valence electrons. The third-order valence-corrected chi connectivity index (χ3v) is 4.68. The molecule has 0 unspecified atom stereocenters. The lowest BCUT2D eigenvalue weighted by molar-refractivity contribution is 0.104. The van der Waals surface area contributed by atoms with Gasteiger partial charge in [0.1, 0.15) is 29.3 Å². The van der Waals surface area contributed by atoms with Crippen molar-refractivity contribution in [3.05, 3.63) is 89.9 Å². The number of fused-ring (bicyclic) bond motifs is 1. The summed E-state index contributed by atoms with van der Waals surface area (Å²) in [5.74, 6) is 1.28. The fraction of sp³-hybridized carbons (Fsp3) is 0.125. The van der Waals surface area contributed by atoms with Crippen molar-refractivity contribution in [1.29, 1.82) is 0 Å². The lowest BCUT2D eigenvalue weighted by Crippen LogP contribution is -2.00. The van der Waals surface area contributed by atoms with Crippen LogP contribution in [-0.2, 0) is 13.7 Å². The summed E-state index contributed by atoms with van der Waals surface area (Å²) in [4.78, 5) is 16.7. The van der Waals surface area contributed by atoms with Gasteiger partial charge in [-0.05, 0) is 42.0 Å². The number of nitrogens with zero attached hydrogens (tertiary/aromatic N) is 3. The first-order valence-corrected chi connectivity index (χ1v) is 9.49. The van der Waals surface area contributed by atoms with E-state index in [1.807, 2.05) is 48.5 Å². The van der Waals surface area contributed by atoms with Gasteiger partial charge < -0.3 is 9.47 Å². The quantitative estimate of drug-likeness (QED) is 0.339. The second kappa shape index (κ2) is 8.61. The van der Waals surface area contributed by atoms with Gasteiger partial charge in [-0.2, -0.15) is 5.10 Å². The number of carbonyl (C=O) groups excluding carboxylic acids is 1. The van der Waals surface area contributed by atoms with E-state index in [4.69, 9.17) is 9.47 Å². The Morgan fingerprint density at radius 1 is 1.10 bits per heavy atom. The van der Waals surface area contributed by atoms with E-state index in [-0.39, 0.29) is 5.78 Å². The molecule has 0 aliphatic heterocycles. The van der Waals surface area contributed by atoms with Gasteiger partial charge in [-0.25, -0.2) is 0 Å². The van der Waals surface area contributed by atoms with Gasteiger partial charge in [0, 0.05) is 30.4 Å². The number of aromatic nitrogens is 3. The maximum Gasteiger partial charge on any atom is 0.206 e. The minimum absolute atomic E-state index is 0.147. The highest BCUT2D eigenvalue weighted by molar-refractivity contribution is 6.05. The van der Waals surface area contributed by atoms with Crippen LogP contribution in [-0.4, -0.2) is 27.7 Å². The number of rotatable bonds is 7. The number of carbonyl (C=O) groups is 1. The number of hydrogen-bond acceptors (Lipinski definition) is 5. The summed E-state index contributed by atoms with van der Waals surface area (Å²) in [6.45, 7) is 0.314. The Morgan fingerprint density at radius 2 is 1.97 bits per heavy atom. The highest BCUT2D eigenvalue weighted by Crippen LogP contribution is 2.26. The minimum atomic E-state index is -0.147. The van der Waals surface area contributed by atoms with Crippen LogP contribution < -0.4 is 9.47 Å². The predicted molar refractivity (Wildman–Crippen MR) is 116 cm³/mol. The average molecular weight is 399 g/mol. The van der Waals surface area contributed by atoms with Crippen LogP contribution in [0, 0.1) is 0 Å². The molecule has 0 saturated heterocycles. The van der Waals surface area contributed by atoms with Crippen LogP contribution in [0.4, 0.5) is 0 Å². The molecule has 4 aromatic rings. The Labute approximate surface area is 174 Å². The number of pyridine rings is 1. The zero-order valence-electron chi connectivity index (χ0n) is 16.8. The van der Waals surface area contributed by atoms with Gasteiger partial charge in [0.15, 0.2) is 0 Å². The Balaban J connectivity index is 1.54. The topological polar surface area (TPSA) is 66.2 Å². The van der Waals surface area contributed by atoms with Crippen LogP contribution in [0.5, 0.6) is 11.5 Å². The molecule has 0 spiro atoms. The number of aryl methyl sites for hydroxylation is 1. The van der Waals surface area contributed by atoms with Crippen molar-refractivity contribution >= 4 is 22.8 Å². The molecular formula is C24H21N3O3. The molecule has 0 aliphatic carbocycles. The van der Waals surface area contributed by atoms with E-state index in [1.165, 1.54) is 6.08 Å². The van der Waals surface area contributed by atoms with Gasteiger partial charge in [0.05, 0.1) is 7.11 Å². The van der Waals surface area contributed by atoms with E-state index in [0.717, 1.165) is 27.8 Å². The molecule has 4 rings (SSSR count). The number of methoxy groups -OCH3 is 1. The van der Waals surface area contributed by atoms with E-state index in [1.54, 1.807) is 43.4 Å². The first-order valence-electron chi connectivity index (χ1n) is 9.49. The molecule has 6 nitrogen and oxygen atoms in total. The molecule has 2 aromatic carbocycles. The maximum absolute atomic E-state index is 12.3. The minimum Gasteiger partial charge on any atom is -0.496 e. The summed E-state index contributed by atoms with van der Waals surface area (Å²) in [5, 5.41) is 5.15. The molecule has 2 heterocycles. The Morgan fingerprint density at radius 3 is 2.77 bits per heavy atom. The van der Waals surface area contributed by atoms with Crippen molar-refractivity contribution in [1.82, 2.24) is 14.8 Å². The lowest BCUT2D eigenvalue weighted by atomic mass is 10.1. The normalized spacial score (nSPS) is 11.1. The summed E-state index contributed by atoms with van der Waals surface area (Å²) in [5.41, 5.74) is 2.97. The Bertz CT molecular complexity index is 1220. The van der Waals surface area contributed by atoms with E-state index >= 15 is 0 Å². The molecule has 0 saturated carbocycles. The van der Waals surface area contributed by atoms with Crippen LogP contribution in [0.25, 0.3) is 17.0 Å². The van der Waals surface area contributed by atoms with Crippen molar-refractivity contribution < 1.29 is 14.3 Å². The number of allylic oxidation sites excluding steroid dienone is 1. The first-order chi connectivity index (χ1) is 14.6. The van der Waals surface area contributed by atoms with Crippen LogP contribution in [0.3, 0.4) is 0 Å². The van der Waals surface area contributed by atoms with Gasteiger partial charge >= 0.3 is 0 Å². The number of hydrogen-bond donors (Lipinski definition) is 0. The van der Waals surface area contributed by atoms with Gasteiger partial charge in [-0.3, -0.25) is 14.5 Å². The molecule has 30 heavy (non-hydrogen) atoms. The summed E-state index contributed by atoms with van der Waals surface area (Å²) >= 11 is 0. The third kappa shape index (κ3) is 4.22. The number of benzene rings is 2. The van der Waals surface area contributed by atoms with Crippen LogP contribution in [0.2, 0.25) is 0 Å². The zero-order chi connectivity index (χ0) is 20.9. The average Bonchev–Trinajstić information content (AvgIpc) is 3.22. The molecule has 0 fully saturated rings. The Hall–Kier alpha value is -3.93. The number of ether oxygens (including phenoxy) is 2. The van der Waals surface area contributed by atoms with Crippen molar-refractivity contribution in [3.63, 3.8) is 0 Å². The van der Waals surface area contributed by atoms with E-state index in [2.05, 4.69) is 10.1 Å². The first kappa shape index (κ1) is 19.4. The van der Waals surface area contributed by atoms with Crippen LogP contribution >= 0.6 is 0 Å². The summed E-state index contributed by atoms with van der Waals surface area (Å²) in [7, 11) is 3.40. The van der Waals surface area contributed by atoms with Crippen molar-refractivity contribution in [3.8, 4) is 11.5 Å². The largest absolute Gasteiger partial charge is 0.496 e. The van der Waals surface area contributed by atoms with Gasteiger partial charge in [-0.1, -0.05) is 30.3 Å². The molecule has 0 atom stereocenters. The highest BCUT2D eigenvalue weighted by Gasteiger charge is 2.09. The molecule has 2 aromatic heterocycles. The summed E-state index contributed by atoms with van der Waals surface area (Å²) in [6, 6.07) is 17.1. The van der Waals surface area contributed by atoms with Crippen LogP contribution in [0.1, 0.15) is 21.6 Å². The molecular weight excluding hydrogens is 378 g/mol. The molecule has 0 radical (unpaired) electrons. The summed E-state index contributed by atoms with van der Waals surface area (Å²) < 4.78 is 13.1. The van der Waals surface area contributed by atoms with E-state index < -0.39 is 0 Å². The van der Waals surface area contributed by atoms with Crippen molar-refractivity contribution in [2.24, 2.45) is 7.05 Å². The number of para-hydroxylation sites is 1. The summed E-state index contributed by atoms with van der Waals surface area (Å²) in [6.07, 6.45) is 6.77. The highest BCUT2D eigenvalue weighted by atomic mass is 16.5. The SMILES string of the molecule is COc1ccc(/C=C/C(=O)c2ccn(C)n2)cc1COc1cccc2cccnc12. The smallest absolute Gasteiger partial charge is 0.206 e. The standard InChI is InChI=1S/C24H21N3O3/c1-27-14-12-20(26-27)21(28)10-8-17-9-11-22(29-2)19(15-17)16-30-23-7-3-5-18-6-4-13-25-24(18)23/h3-15H,16H2,1-2H3/b10-8+. The van der Waals surface area contributed by atoms with Crippen molar-refractivity contribution in [2.75, 3.05) is 7.11 Å². The third-order valence-electron chi connectivity index (χ3n) is 4.68. The molecule has 0 bridgehead atoms. The van der Waals surface area contributed by atoms with Crippen LogP contribution in [0.15, 0.2) is 73.1 Å². The van der Waals surface area contributed by atoms with Gasteiger partial charge in [-0.15, -0.1) is 0 Å². The van der Waals surface area contributed by atoms with Crippen molar-refractivity contribution in [2.45, 2.75) is 6.61 Å². The van der Waals surface area contributed by atoms with E-state index in [0.29, 0.717) is 18.1 Å². The second-order valence-corrected chi connectivity index (χ2v) is 6.76. The van der Waals surface area contributed by atoms with Gasteiger partial charge in [0.2, 0.25) is 5.78 Å². The predicted octanol–water partition coefficient (Wildman–Crippen LogP) is 4.45. The Kier molecular flexibility index (Phi) is 5.57. The fourth-order valence-electron chi connectivity index (χ4n) is 3.17. The second-order valence-electron chi connectivity index (χ2n) is 6.76. The maximum atomic E-state index is 12.3. The lowest BCUT2D eigenvalue weighted by Gasteiger charge is -2.12. The molecule has 0 aliphatic rings. The molecule has 0 amide bonds. The number of ketones is 1. The fourth-order valence-corrected chi connectivity index (χ4v) is 3.17. The zero-order valence-corrected chi connectivity index (χ0v) is 16.8. The molecule has 6 heteroatoms. The van der Waals surface area contributed by atoms with E-state index in [9.17, 15) is 4.79 Å². The monoisotopic (exact) mass is 399 g/mol. The van der Waals surface area contributed by atoms with Gasteiger partial charge in [0.25, 0.3) is 0 Å². The molecule has 0 N–H and O–H groups in total.